The maximum absolute atomic E-state index is 13.3. The van der Waals surface area contributed by atoms with Gasteiger partial charge in [0.1, 0.15) is 29.7 Å². The van der Waals surface area contributed by atoms with E-state index in [4.69, 9.17) is 9.47 Å². The molecule has 0 aliphatic heterocycles. The number of halogens is 2. The van der Waals surface area contributed by atoms with Crippen LogP contribution in [0.2, 0.25) is 0 Å². The van der Waals surface area contributed by atoms with E-state index in [0.717, 1.165) is 9.44 Å². The molecule has 0 aliphatic rings. The van der Waals surface area contributed by atoms with E-state index in [1.807, 2.05) is 6.92 Å². The molecule has 0 radical (unpaired) electrons. The number of aromatic nitrogens is 5. The molecule has 0 amide bonds. The first-order chi connectivity index (χ1) is 18.1. The van der Waals surface area contributed by atoms with Crippen LogP contribution >= 0.6 is 11.3 Å². The van der Waals surface area contributed by atoms with Gasteiger partial charge in [-0.1, -0.05) is 6.07 Å². The van der Waals surface area contributed by atoms with Crippen molar-refractivity contribution in [1.82, 2.24) is 23.7 Å². The Morgan fingerprint density at radius 1 is 1.13 bits per heavy atom. The van der Waals surface area contributed by atoms with Crippen LogP contribution in [-0.4, -0.2) is 54.7 Å². The average molecular weight is 552 g/mol. The molecular weight excluding hydrogens is 524 g/mol. The molecular formula is C24H27F2N5O6S. The number of benzene rings is 1. The summed E-state index contributed by atoms with van der Waals surface area (Å²) in [5.41, 5.74) is -0.790. The van der Waals surface area contributed by atoms with Gasteiger partial charge in [0.25, 0.3) is 11.6 Å². The standard InChI is InChI=1S/C24H27F2N5O6S/c1-15-13-27-18(38-15)14-31-19-20(29(3)23(34)30(21(19)33)8-5-9-32)28-22(31)36-11-10-35-16-6-4-7-17(12-16)37-24(2,25)26/h4,6-7,12-13,32H,5,8-11,14H2,1-3H3. The van der Waals surface area contributed by atoms with E-state index >= 15 is 0 Å². The summed E-state index contributed by atoms with van der Waals surface area (Å²) in [5, 5.41) is 9.91. The number of hydrogen-bond acceptors (Lipinski definition) is 9. The minimum absolute atomic E-state index is 0.00188. The number of ether oxygens (including phenoxy) is 3. The Morgan fingerprint density at radius 2 is 1.87 bits per heavy atom. The van der Waals surface area contributed by atoms with Gasteiger partial charge in [0.15, 0.2) is 11.2 Å². The first kappa shape index (κ1) is 27.3. The highest BCUT2D eigenvalue weighted by Gasteiger charge is 2.24. The highest BCUT2D eigenvalue weighted by atomic mass is 32.1. The molecule has 0 atom stereocenters. The third-order valence-corrected chi connectivity index (χ3v) is 6.28. The minimum Gasteiger partial charge on any atom is -0.490 e. The molecule has 204 valence electrons. The molecule has 0 saturated carbocycles. The van der Waals surface area contributed by atoms with Gasteiger partial charge in [-0.2, -0.15) is 13.8 Å². The molecule has 14 heteroatoms. The molecule has 11 nitrogen and oxygen atoms in total. The molecule has 38 heavy (non-hydrogen) atoms. The van der Waals surface area contributed by atoms with Gasteiger partial charge in [-0.3, -0.25) is 18.5 Å². The van der Waals surface area contributed by atoms with E-state index in [-0.39, 0.29) is 62.3 Å². The Balaban J connectivity index is 1.60. The summed E-state index contributed by atoms with van der Waals surface area (Å²) in [6, 6.07) is 5.93. The number of nitrogens with zero attached hydrogens (tertiary/aromatic N) is 5. The highest BCUT2D eigenvalue weighted by Crippen LogP contribution is 2.25. The predicted molar refractivity (Wildman–Crippen MR) is 136 cm³/mol. The van der Waals surface area contributed by atoms with Crippen molar-refractivity contribution in [2.75, 3.05) is 19.8 Å². The summed E-state index contributed by atoms with van der Waals surface area (Å²) in [6.07, 6.45) is -1.37. The van der Waals surface area contributed by atoms with Gasteiger partial charge in [0.05, 0.1) is 6.54 Å². The van der Waals surface area contributed by atoms with E-state index in [1.54, 1.807) is 16.8 Å². The second-order valence-electron chi connectivity index (χ2n) is 8.47. The fourth-order valence-corrected chi connectivity index (χ4v) is 4.55. The minimum atomic E-state index is -3.33. The van der Waals surface area contributed by atoms with Gasteiger partial charge >= 0.3 is 11.8 Å². The first-order valence-electron chi connectivity index (χ1n) is 11.7. The molecule has 1 aromatic carbocycles. The zero-order valence-corrected chi connectivity index (χ0v) is 21.8. The van der Waals surface area contributed by atoms with Crippen molar-refractivity contribution in [3.8, 4) is 17.5 Å². The largest absolute Gasteiger partial charge is 0.490 e. The smallest absolute Gasteiger partial charge is 0.394 e. The van der Waals surface area contributed by atoms with Crippen molar-refractivity contribution in [3.63, 3.8) is 0 Å². The van der Waals surface area contributed by atoms with E-state index in [0.29, 0.717) is 17.7 Å². The SMILES string of the molecule is Cc1cnc(Cn2c(OCCOc3cccc(OC(C)(F)F)c3)nc3c2c(=O)n(CCCO)c(=O)n3C)s1. The molecule has 4 aromatic rings. The van der Waals surface area contributed by atoms with Gasteiger partial charge in [0.2, 0.25) is 0 Å². The summed E-state index contributed by atoms with van der Waals surface area (Å²) in [6.45, 7) is 2.65. The van der Waals surface area contributed by atoms with Crippen LogP contribution < -0.4 is 25.5 Å². The van der Waals surface area contributed by atoms with Crippen LogP contribution in [0.1, 0.15) is 23.2 Å². The molecule has 1 N–H and O–H groups in total. The Bertz CT molecular complexity index is 1540. The molecule has 0 aliphatic carbocycles. The number of imidazole rings is 1. The monoisotopic (exact) mass is 551 g/mol. The van der Waals surface area contributed by atoms with Crippen LogP contribution in [0.5, 0.6) is 17.5 Å². The normalized spacial score (nSPS) is 11.7. The maximum Gasteiger partial charge on any atom is 0.394 e. The lowest BCUT2D eigenvalue weighted by Crippen LogP contribution is -2.39. The molecule has 3 aromatic heterocycles. The van der Waals surface area contributed by atoms with Crippen LogP contribution in [0, 0.1) is 6.92 Å². The van der Waals surface area contributed by atoms with Crippen molar-refractivity contribution in [2.45, 2.75) is 39.5 Å². The van der Waals surface area contributed by atoms with Gasteiger partial charge in [-0.05, 0) is 25.5 Å². The Kier molecular flexibility index (Phi) is 8.11. The number of rotatable bonds is 12. The predicted octanol–water partition coefficient (Wildman–Crippen LogP) is 2.54. The third kappa shape index (κ3) is 6.19. The number of aryl methyl sites for hydroxylation is 2. The van der Waals surface area contributed by atoms with Crippen molar-refractivity contribution in [3.05, 3.63) is 61.2 Å². The Morgan fingerprint density at radius 3 is 2.55 bits per heavy atom. The summed E-state index contributed by atoms with van der Waals surface area (Å²) < 4.78 is 46.2. The van der Waals surface area contributed by atoms with E-state index in [2.05, 4.69) is 14.7 Å². The lowest BCUT2D eigenvalue weighted by atomic mass is 10.3. The van der Waals surface area contributed by atoms with E-state index < -0.39 is 17.4 Å². The van der Waals surface area contributed by atoms with Crippen LogP contribution in [0.25, 0.3) is 11.2 Å². The highest BCUT2D eigenvalue weighted by molar-refractivity contribution is 7.11. The lowest BCUT2D eigenvalue weighted by Gasteiger charge is -2.14. The fourth-order valence-electron chi connectivity index (χ4n) is 3.77. The second-order valence-corrected chi connectivity index (χ2v) is 9.79. The van der Waals surface area contributed by atoms with Gasteiger partial charge < -0.3 is 19.3 Å². The maximum atomic E-state index is 13.3. The third-order valence-electron chi connectivity index (χ3n) is 5.39. The average Bonchev–Trinajstić information content (AvgIpc) is 3.43. The summed E-state index contributed by atoms with van der Waals surface area (Å²) in [5.74, 6) is 0.256. The molecule has 0 saturated heterocycles. The van der Waals surface area contributed by atoms with Crippen molar-refractivity contribution >= 4 is 22.5 Å². The van der Waals surface area contributed by atoms with Crippen LogP contribution in [-0.2, 0) is 20.1 Å². The number of aliphatic hydroxyl groups excluding tert-OH is 1. The van der Waals surface area contributed by atoms with Gasteiger partial charge in [-0.25, -0.2) is 9.78 Å². The van der Waals surface area contributed by atoms with Crippen LogP contribution in [0.4, 0.5) is 8.78 Å². The Hall–Kier alpha value is -3.78. The molecule has 0 fully saturated rings. The summed E-state index contributed by atoms with van der Waals surface area (Å²) >= 11 is 1.45. The first-order valence-corrected chi connectivity index (χ1v) is 12.5. The molecule has 4 rings (SSSR count). The zero-order valence-electron chi connectivity index (χ0n) is 21.0. The van der Waals surface area contributed by atoms with E-state index in [1.165, 1.54) is 41.2 Å². The number of thiazole rings is 1. The van der Waals surface area contributed by atoms with Crippen LogP contribution in [0.3, 0.4) is 0 Å². The molecule has 0 spiro atoms. The van der Waals surface area contributed by atoms with Gasteiger partial charge in [0, 0.05) is 44.3 Å². The quantitative estimate of drug-likeness (QED) is 0.267. The fraction of sp³-hybridized carbons (Fsp3) is 0.417. The summed E-state index contributed by atoms with van der Waals surface area (Å²) in [7, 11) is 1.51. The van der Waals surface area contributed by atoms with Crippen LogP contribution in [0.15, 0.2) is 40.1 Å². The van der Waals surface area contributed by atoms with Gasteiger partial charge in [-0.15, -0.1) is 11.3 Å². The molecule has 0 unspecified atom stereocenters. The Labute approximate surface area is 219 Å². The number of fused-ring (bicyclic) bond motifs is 1. The van der Waals surface area contributed by atoms with E-state index in [9.17, 15) is 23.5 Å². The summed E-state index contributed by atoms with van der Waals surface area (Å²) in [4.78, 5) is 35.9. The van der Waals surface area contributed by atoms with Crippen molar-refractivity contribution in [1.29, 1.82) is 0 Å². The number of alkyl halides is 2. The van der Waals surface area contributed by atoms with Crippen molar-refractivity contribution < 1.29 is 28.1 Å². The second kappa shape index (κ2) is 11.3. The van der Waals surface area contributed by atoms with Crippen molar-refractivity contribution in [2.24, 2.45) is 7.05 Å². The zero-order chi connectivity index (χ0) is 27.4. The molecule has 0 bridgehead atoms. The topological polar surface area (TPSA) is 123 Å². The number of hydrogen-bond donors (Lipinski definition) is 1. The molecule has 3 heterocycles. The lowest BCUT2D eigenvalue weighted by molar-refractivity contribution is -0.159. The number of aliphatic hydroxyl groups is 1.